The molecule has 1 aromatic carbocycles. The molecule has 5 nitrogen and oxygen atoms in total. The minimum absolute atomic E-state index is 0.196. The van der Waals surface area contributed by atoms with E-state index in [-0.39, 0.29) is 23.4 Å². The molecule has 1 aromatic rings. The van der Waals surface area contributed by atoms with Gasteiger partial charge in [-0.1, -0.05) is 0 Å². The van der Waals surface area contributed by atoms with E-state index in [9.17, 15) is 19.4 Å². The molecule has 0 bridgehead atoms. The molecule has 0 saturated heterocycles. The highest BCUT2D eigenvalue weighted by atomic mass is 19.1. The fourth-order valence-electron chi connectivity index (χ4n) is 1.59. The molecule has 0 fully saturated rings. The molecule has 0 heterocycles. The van der Waals surface area contributed by atoms with Crippen molar-refractivity contribution < 1.29 is 24.1 Å². The van der Waals surface area contributed by atoms with E-state index in [0.29, 0.717) is 0 Å². The first-order chi connectivity index (χ1) is 8.36. The zero-order chi connectivity index (χ0) is 13.9. The molecule has 100 valence electrons. The molecule has 0 aliphatic heterocycles. The van der Waals surface area contributed by atoms with E-state index in [1.54, 1.807) is 19.0 Å². The summed E-state index contributed by atoms with van der Waals surface area (Å²) in [5.41, 5.74) is 0.0941. The van der Waals surface area contributed by atoms with Gasteiger partial charge in [0.1, 0.15) is 11.6 Å². The first-order valence-electron chi connectivity index (χ1n) is 5.28. The number of carbonyl (C=O) groups excluding carboxylic acids is 1. The first-order valence-corrected chi connectivity index (χ1v) is 5.28. The number of methoxy groups -OCH3 is 1. The Morgan fingerprint density at radius 3 is 2.61 bits per heavy atom. The quantitative estimate of drug-likeness (QED) is 0.781. The van der Waals surface area contributed by atoms with Gasteiger partial charge in [0.15, 0.2) is 6.10 Å². The second-order valence-corrected chi connectivity index (χ2v) is 4.17. The van der Waals surface area contributed by atoms with Gasteiger partial charge < -0.3 is 19.8 Å². The number of nitrogens with zero attached hydrogens (tertiary/aromatic N) is 1. The molecule has 2 N–H and O–H groups in total. The van der Waals surface area contributed by atoms with Crippen LogP contribution in [0.15, 0.2) is 12.1 Å². The summed E-state index contributed by atoms with van der Waals surface area (Å²) in [6.07, 6.45) is -1.70. The average Bonchev–Trinajstić information content (AvgIpc) is 2.30. The number of ether oxygens (including phenoxy) is 1. The molecule has 0 aliphatic rings. The van der Waals surface area contributed by atoms with Gasteiger partial charge in [-0.3, -0.25) is 0 Å². The van der Waals surface area contributed by atoms with E-state index in [0.717, 1.165) is 19.2 Å². The topological polar surface area (TPSA) is 70.0 Å². The normalized spacial score (nSPS) is 12.6. The lowest BCUT2D eigenvalue weighted by Crippen LogP contribution is -2.16. The van der Waals surface area contributed by atoms with Gasteiger partial charge in [0, 0.05) is 17.7 Å². The third-order valence-corrected chi connectivity index (χ3v) is 2.39. The molecular formula is C12H16FNO4. The molecule has 18 heavy (non-hydrogen) atoms. The Kier molecular flexibility index (Phi) is 4.63. The molecule has 1 unspecified atom stereocenters. The number of hydrogen-bond acceptors (Lipinski definition) is 5. The van der Waals surface area contributed by atoms with Crippen molar-refractivity contribution in [3.63, 3.8) is 0 Å². The Hall–Kier alpha value is -1.66. The summed E-state index contributed by atoms with van der Waals surface area (Å²) < 4.78 is 17.7. The van der Waals surface area contributed by atoms with Gasteiger partial charge in [-0.2, -0.15) is 0 Å². The minimum atomic E-state index is -1.70. The second kappa shape index (κ2) is 5.79. The molecule has 0 aromatic heterocycles. The number of rotatable bonds is 4. The van der Waals surface area contributed by atoms with Crippen LogP contribution in [0.2, 0.25) is 0 Å². The molecule has 1 atom stereocenters. The van der Waals surface area contributed by atoms with Crippen molar-refractivity contribution in [2.75, 3.05) is 21.2 Å². The van der Waals surface area contributed by atoms with Crippen LogP contribution >= 0.6 is 0 Å². The molecular weight excluding hydrogens is 241 g/mol. The molecule has 0 radical (unpaired) electrons. The molecule has 0 amide bonds. The highest BCUT2D eigenvalue weighted by Gasteiger charge is 2.24. The van der Waals surface area contributed by atoms with Gasteiger partial charge in [0.05, 0.1) is 7.11 Å². The van der Waals surface area contributed by atoms with E-state index < -0.39 is 17.9 Å². The van der Waals surface area contributed by atoms with Crippen molar-refractivity contribution >= 4 is 5.97 Å². The number of esters is 1. The summed E-state index contributed by atoms with van der Waals surface area (Å²) in [6, 6.07) is 2.07. The van der Waals surface area contributed by atoms with Crippen LogP contribution in [0, 0.1) is 5.82 Å². The van der Waals surface area contributed by atoms with Crippen LogP contribution in [0.1, 0.15) is 17.2 Å². The number of aliphatic hydroxyl groups is 1. The van der Waals surface area contributed by atoms with E-state index in [4.69, 9.17) is 0 Å². The van der Waals surface area contributed by atoms with Crippen molar-refractivity contribution in [3.8, 4) is 5.75 Å². The van der Waals surface area contributed by atoms with Gasteiger partial charge in [0.25, 0.3) is 0 Å². The molecule has 1 rings (SSSR count). The fraction of sp³-hybridized carbons (Fsp3) is 0.417. The predicted molar refractivity (Wildman–Crippen MR) is 62.4 cm³/mol. The van der Waals surface area contributed by atoms with Gasteiger partial charge in [0.2, 0.25) is 0 Å². The second-order valence-electron chi connectivity index (χ2n) is 4.17. The van der Waals surface area contributed by atoms with Crippen LogP contribution in [-0.2, 0) is 16.1 Å². The zero-order valence-electron chi connectivity index (χ0n) is 10.5. The number of phenolic OH excluding ortho intramolecular Hbond substituents is 1. The van der Waals surface area contributed by atoms with E-state index in [1.165, 1.54) is 0 Å². The minimum Gasteiger partial charge on any atom is -0.507 e. The van der Waals surface area contributed by atoms with Crippen LogP contribution in [0.3, 0.4) is 0 Å². The smallest absolute Gasteiger partial charge is 0.339 e. The number of halogens is 1. The van der Waals surface area contributed by atoms with E-state index in [1.807, 2.05) is 0 Å². The monoisotopic (exact) mass is 257 g/mol. The van der Waals surface area contributed by atoms with Crippen LogP contribution in [0.25, 0.3) is 0 Å². The average molecular weight is 257 g/mol. The Bertz CT molecular complexity index is 448. The van der Waals surface area contributed by atoms with E-state index in [2.05, 4.69) is 4.74 Å². The standard InChI is InChI=1S/C12H16FNO4/c1-14(2)6-7-4-8(13)5-9(10(7)15)11(16)12(17)18-3/h4-5,11,15-16H,6H2,1-3H3. The number of carbonyl (C=O) groups is 1. The van der Waals surface area contributed by atoms with Crippen LogP contribution in [-0.4, -0.2) is 42.3 Å². The van der Waals surface area contributed by atoms with Gasteiger partial charge in [-0.15, -0.1) is 0 Å². The molecule has 0 spiro atoms. The zero-order valence-corrected chi connectivity index (χ0v) is 10.5. The molecule has 0 aliphatic carbocycles. The third kappa shape index (κ3) is 3.18. The van der Waals surface area contributed by atoms with Gasteiger partial charge in [-0.05, 0) is 26.2 Å². The van der Waals surface area contributed by atoms with E-state index >= 15 is 0 Å². The number of aromatic hydroxyl groups is 1. The van der Waals surface area contributed by atoms with Gasteiger partial charge >= 0.3 is 5.97 Å². The van der Waals surface area contributed by atoms with Crippen LogP contribution in [0.5, 0.6) is 5.75 Å². The maximum atomic E-state index is 13.4. The molecule has 0 saturated carbocycles. The van der Waals surface area contributed by atoms with Gasteiger partial charge in [-0.25, -0.2) is 9.18 Å². The summed E-state index contributed by atoms with van der Waals surface area (Å²) in [5, 5.41) is 19.6. The number of benzene rings is 1. The first kappa shape index (κ1) is 14.4. The molecule has 6 heteroatoms. The lowest BCUT2D eigenvalue weighted by atomic mass is 10.0. The SMILES string of the molecule is COC(=O)C(O)c1cc(F)cc(CN(C)C)c1O. The number of aliphatic hydroxyl groups excluding tert-OH is 1. The Balaban J connectivity index is 3.20. The maximum absolute atomic E-state index is 13.4. The third-order valence-electron chi connectivity index (χ3n) is 2.39. The fourth-order valence-corrected chi connectivity index (χ4v) is 1.59. The summed E-state index contributed by atoms with van der Waals surface area (Å²) >= 11 is 0. The number of phenols is 1. The van der Waals surface area contributed by atoms with Crippen molar-refractivity contribution in [1.82, 2.24) is 4.90 Å². The number of hydrogen-bond donors (Lipinski definition) is 2. The van der Waals surface area contributed by atoms with Crippen LogP contribution in [0.4, 0.5) is 4.39 Å². The van der Waals surface area contributed by atoms with Crippen LogP contribution < -0.4 is 0 Å². The Morgan fingerprint density at radius 1 is 1.50 bits per heavy atom. The Labute approximate surface area is 104 Å². The summed E-state index contributed by atoms with van der Waals surface area (Å²) in [7, 11) is 4.60. The highest BCUT2D eigenvalue weighted by molar-refractivity contribution is 5.77. The van der Waals surface area contributed by atoms with Crippen molar-refractivity contribution in [2.24, 2.45) is 0 Å². The predicted octanol–water partition coefficient (Wildman–Crippen LogP) is 0.799. The summed E-state index contributed by atoms with van der Waals surface area (Å²) in [4.78, 5) is 12.9. The highest BCUT2D eigenvalue weighted by Crippen LogP contribution is 2.30. The summed E-state index contributed by atoms with van der Waals surface area (Å²) in [5.74, 6) is -1.89. The largest absolute Gasteiger partial charge is 0.507 e. The lowest BCUT2D eigenvalue weighted by molar-refractivity contribution is -0.150. The maximum Gasteiger partial charge on any atom is 0.339 e. The van der Waals surface area contributed by atoms with Crippen molar-refractivity contribution in [3.05, 3.63) is 29.1 Å². The van der Waals surface area contributed by atoms with Crippen molar-refractivity contribution in [2.45, 2.75) is 12.6 Å². The Morgan fingerprint density at radius 2 is 2.11 bits per heavy atom. The summed E-state index contributed by atoms with van der Waals surface area (Å²) in [6.45, 7) is 0.282. The van der Waals surface area contributed by atoms with Crippen molar-refractivity contribution in [1.29, 1.82) is 0 Å². The lowest BCUT2D eigenvalue weighted by Gasteiger charge is -2.16.